The predicted octanol–water partition coefficient (Wildman–Crippen LogP) is 1.92. The van der Waals surface area contributed by atoms with Crippen molar-refractivity contribution in [2.24, 2.45) is 17.3 Å². The Bertz CT molecular complexity index is 1180. The fraction of sp³-hybridized carbons (Fsp3) is 0.643. The van der Waals surface area contributed by atoms with Crippen LogP contribution in [-0.2, 0) is 47.7 Å². The van der Waals surface area contributed by atoms with Gasteiger partial charge >= 0.3 is 23.9 Å². The predicted molar refractivity (Wildman–Crippen MR) is 134 cm³/mol. The number of hydrogen-bond donors (Lipinski definition) is 1. The summed E-state index contributed by atoms with van der Waals surface area (Å²) in [6, 6.07) is 0. The molecule has 2 bridgehead atoms. The molecule has 1 fully saturated rings. The molecule has 214 valence electrons. The molecule has 7 atom stereocenters. The molecule has 3 aliphatic rings. The molecule has 0 aromatic carbocycles. The van der Waals surface area contributed by atoms with Crippen LogP contribution in [0.3, 0.4) is 0 Å². The van der Waals surface area contributed by atoms with Gasteiger partial charge in [-0.25, -0.2) is 0 Å². The Hall–Kier alpha value is -3.34. The Morgan fingerprint density at radius 3 is 1.97 bits per heavy atom. The van der Waals surface area contributed by atoms with E-state index in [2.05, 4.69) is 0 Å². The zero-order chi connectivity index (χ0) is 29.7. The van der Waals surface area contributed by atoms with Crippen LogP contribution in [0.1, 0.15) is 68.2 Å². The number of ether oxygens (including phenoxy) is 4. The molecule has 11 nitrogen and oxygen atoms in total. The average Bonchev–Trinajstić information content (AvgIpc) is 3.20. The second kappa shape index (κ2) is 10.0. The number of hydrogen-bond acceptors (Lipinski definition) is 11. The Balaban J connectivity index is 2.45. The highest BCUT2D eigenvalue weighted by Gasteiger charge is 2.72. The maximum absolute atomic E-state index is 14.3. The lowest BCUT2D eigenvalue weighted by Crippen LogP contribution is -2.56. The molecule has 3 rings (SSSR count). The largest absolute Gasteiger partial charge is 0.458 e. The summed E-state index contributed by atoms with van der Waals surface area (Å²) in [7, 11) is 0. The molecule has 0 unspecified atom stereocenters. The van der Waals surface area contributed by atoms with Crippen LogP contribution in [0.15, 0.2) is 23.8 Å². The Morgan fingerprint density at radius 2 is 1.46 bits per heavy atom. The quantitative estimate of drug-likeness (QED) is 0.311. The van der Waals surface area contributed by atoms with E-state index in [9.17, 15) is 33.9 Å². The minimum atomic E-state index is -2.13. The van der Waals surface area contributed by atoms with E-state index in [0.29, 0.717) is 0 Å². The summed E-state index contributed by atoms with van der Waals surface area (Å²) >= 11 is 0. The summed E-state index contributed by atoms with van der Waals surface area (Å²) in [6.45, 7) is 10.7. The van der Waals surface area contributed by atoms with Gasteiger partial charge in [0.2, 0.25) is 0 Å². The third-order valence-corrected chi connectivity index (χ3v) is 7.94. The molecule has 3 aliphatic carbocycles. The molecule has 1 saturated carbocycles. The van der Waals surface area contributed by atoms with Crippen LogP contribution in [0.4, 0.5) is 0 Å². The number of fused-ring (bicyclic) bond motifs is 3. The van der Waals surface area contributed by atoms with Crippen LogP contribution in [0, 0.1) is 17.3 Å². The first kappa shape index (κ1) is 30.2. The van der Waals surface area contributed by atoms with E-state index in [-0.39, 0.29) is 12.0 Å². The summed E-state index contributed by atoms with van der Waals surface area (Å²) in [6.07, 6.45) is 0.550. The zero-order valence-corrected chi connectivity index (χ0v) is 23.5. The third kappa shape index (κ3) is 5.16. The van der Waals surface area contributed by atoms with Crippen LogP contribution >= 0.6 is 0 Å². The molecular weight excluding hydrogens is 512 g/mol. The van der Waals surface area contributed by atoms with E-state index >= 15 is 0 Å². The number of ketones is 2. The van der Waals surface area contributed by atoms with Crippen LogP contribution in [-0.4, -0.2) is 69.6 Å². The number of Topliss-reactive ketones (excluding diaryl/α,β-unsaturated/α-hetero) is 1. The second-order valence-corrected chi connectivity index (χ2v) is 11.5. The van der Waals surface area contributed by atoms with Gasteiger partial charge in [0.15, 0.2) is 28.9 Å². The maximum atomic E-state index is 14.3. The van der Waals surface area contributed by atoms with Gasteiger partial charge in [0.25, 0.3) is 0 Å². The second-order valence-electron chi connectivity index (χ2n) is 11.5. The minimum Gasteiger partial charge on any atom is -0.458 e. The van der Waals surface area contributed by atoms with Crippen molar-refractivity contribution >= 4 is 35.4 Å². The molecule has 0 amide bonds. The van der Waals surface area contributed by atoms with Crippen LogP contribution < -0.4 is 0 Å². The number of allylic oxidation sites excluding steroid dienone is 1. The first-order valence-electron chi connectivity index (χ1n) is 12.7. The molecule has 0 radical (unpaired) electrons. The van der Waals surface area contributed by atoms with Crippen LogP contribution in [0.25, 0.3) is 0 Å². The highest BCUT2D eigenvalue weighted by atomic mass is 16.6. The molecule has 0 aromatic heterocycles. The van der Waals surface area contributed by atoms with E-state index in [1.165, 1.54) is 13.0 Å². The first-order chi connectivity index (χ1) is 17.8. The number of carbonyl (C=O) groups excluding carboxylic acids is 6. The fourth-order valence-corrected chi connectivity index (χ4v) is 6.23. The van der Waals surface area contributed by atoms with E-state index in [1.54, 1.807) is 26.8 Å². The summed E-state index contributed by atoms with van der Waals surface area (Å²) in [5.74, 6) is -6.90. The molecule has 1 N–H and O–H groups in total. The van der Waals surface area contributed by atoms with Crippen molar-refractivity contribution in [1.82, 2.24) is 0 Å². The van der Waals surface area contributed by atoms with E-state index in [4.69, 9.17) is 18.9 Å². The Morgan fingerprint density at radius 1 is 0.897 bits per heavy atom. The van der Waals surface area contributed by atoms with Gasteiger partial charge in [-0.05, 0) is 18.6 Å². The SMILES string of the molecule is CC(=O)O[C@@H]1C2=CC(=O)[C@](O)(C2)C(C)(C)/C=C/[C@H](C)C(=O)[C@]2(OC(C)=O)C[C@](C)(OC(C)=O)[C@@H](OC(C)=O)[C@@H]12. The van der Waals surface area contributed by atoms with Crippen LogP contribution in [0.5, 0.6) is 0 Å². The fourth-order valence-electron chi connectivity index (χ4n) is 6.23. The van der Waals surface area contributed by atoms with Crippen molar-refractivity contribution < 1.29 is 52.8 Å². The molecule has 0 spiro atoms. The van der Waals surface area contributed by atoms with E-state index in [0.717, 1.165) is 33.8 Å². The first-order valence-corrected chi connectivity index (χ1v) is 12.7. The van der Waals surface area contributed by atoms with Gasteiger partial charge in [-0.1, -0.05) is 32.9 Å². The van der Waals surface area contributed by atoms with E-state index < -0.39 is 88.1 Å². The highest BCUT2D eigenvalue weighted by molar-refractivity contribution is 6.02. The number of carbonyl (C=O) groups is 6. The van der Waals surface area contributed by atoms with Crippen molar-refractivity contribution in [3.05, 3.63) is 23.8 Å². The Kier molecular flexibility index (Phi) is 7.75. The summed E-state index contributed by atoms with van der Waals surface area (Å²) in [5, 5.41) is 11.6. The van der Waals surface area contributed by atoms with Crippen molar-refractivity contribution in [1.29, 1.82) is 0 Å². The van der Waals surface area contributed by atoms with E-state index in [1.807, 2.05) is 0 Å². The molecule has 0 saturated heterocycles. The topological polar surface area (TPSA) is 160 Å². The molecular formula is C28H36O11. The van der Waals surface area contributed by atoms with Gasteiger partial charge in [0.1, 0.15) is 11.7 Å². The third-order valence-electron chi connectivity index (χ3n) is 7.94. The summed E-state index contributed by atoms with van der Waals surface area (Å²) < 4.78 is 22.8. The number of esters is 4. The van der Waals surface area contributed by atoms with Crippen molar-refractivity contribution in [3.8, 4) is 0 Å². The van der Waals surface area contributed by atoms with Gasteiger partial charge in [0.05, 0.1) is 5.92 Å². The number of rotatable bonds is 4. The monoisotopic (exact) mass is 548 g/mol. The normalized spacial score (nSPS) is 38.0. The number of aliphatic hydroxyl groups is 1. The Labute approximate surface area is 226 Å². The smallest absolute Gasteiger partial charge is 0.303 e. The van der Waals surface area contributed by atoms with Gasteiger partial charge in [-0.15, -0.1) is 0 Å². The molecule has 11 heteroatoms. The highest BCUT2D eigenvalue weighted by Crippen LogP contribution is 2.55. The lowest BCUT2D eigenvalue weighted by atomic mass is 9.71. The van der Waals surface area contributed by atoms with Crippen LogP contribution in [0.2, 0.25) is 0 Å². The molecule has 0 aliphatic heterocycles. The van der Waals surface area contributed by atoms with Crippen molar-refractivity contribution in [2.75, 3.05) is 0 Å². The van der Waals surface area contributed by atoms with Gasteiger partial charge < -0.3 is 24.1 Å². The molecule has 0 aromatic rings. The zero-order valence-electron chi connectivity index (χ0n) is 23.5. The van der Waals surface area contributed by atoms with Gasteiger partial charge in [-0.2, -0.15) is 0 Å². The molecule has 0 heterocycles. The minimum absolute atomic E-state index is 0.132. The maximum Gasteiger partial charge on any atom is 0.303 e. The average molecular weight is 549 g/mol. The lowest BCUT2D eigenvalue weighted by Gasteiger charge is -2.40. The van der Waals surface area contributed by atoms with Crippen molar-refractivity contribution in [3.63, 3.8) is 0 Å². The lowest BCUT2D eigenvalue weighted by molar-refractivity contribution is -0.189. The van der Waals surface area contributed by atoms with Gasteiger partial charge in [-0.3, -0.25) is 28.8 Å². The molecule has 39 heavy (non-hydrogen) atoms. The van der Waals surface area contributed by atoms with Crippen molar-refractivity contribution in [2.45, 2.75) is 97.2 Å². The standard InChI is InChI=1S/C28H36O11/c1-14-9-10-25(6,7)28(35)12-19(11-20(28)33)22(36-15(2)29)21-24(37-16(3)30)26(8,38-17(4)31)13-27(21,23(14)34)39-18(5)32/h9-11,14,21-22,24,35H,12-13H2,1-8H3/b10-9+/t14-,21+,22+,24-,26-,27-,28+/m0/s1. The summed E-state index contributed by atoms with van der Waals surface area (Å²) in [4.78, 5) is 77.1. The summed E-state index contributed by atoms with van der Waals surface area (Å²) in [5.41, 5.74) is -6.82. The van der Waals surface area contributed by atoms with Gasteiger partial charge in [0, 0.05) is 51.9 Å².